The molecule has 2 aromatic rings. The number of nitrogens with one attached hydrogen (secondary N) is 1. The lowest BCUT2D eigenvalue weighted by atomic mass is 10.1. The van der Waals surface area contributed by atoms with Gasteiger partial charge < -0.3 is 11.1 Å². The summed E-state index contributed by atoms with van der Waals surface area (Å²) >= 11 is 6.21. The fourth-order valence-corrected chi connectivity index (χ4v) is 2.15. The van der Waals surface area contributed by atoms with Crippen molar-refractivity contribution < 1.29 is 4.79 Å². The SMILES string of the molecule is CC(CCN)C(=O)Nc1cccc(Cl)c1-n1cccn1. The van der Waals surface area contributed by atoms with E-state index in [1.807, 2.05) is 6.92 Å². The highest BCUT2D eigenvalue weighted by atomic mass is 35.5. The van der Waals surface area contributed by atoms with Crippen molar-refractivity contribution >= 4 is 23.2 Å². The summed E-state index contributed by atoms with van der Waals surface area (Å²) in [6, 6.07) is 7.15. The molecule has 0 aliphatic rings. The van der Waals surface area contributed by atoms with E-state index < -0.39 is 0 Å². The molecule has 0 aliphatic heterocycles. The predicted molar refractivity (Wildman–Crippen MR) is 80.0 cm³/mol. The average molecular weight is 293 g/mol. The molecule has 0 bridgehead atoms. The van der Waals surface area contributed by atoms with Crippen LogP contribution in [0, 0.1) is 5.92 Å². The zero-order chi connectivity index (χ0) is 14.5. The summed E-state index contributed by atoms with van der Waals surface area (Å²) in [6.45, 7) is 2.33. The molecule has 0 spiro atoms. The second-order valence-electron chi connectivity index (χ2n) is 4.55. The van der Waals surface area contributed by atoms with E-state index in [2.05, 4.69) is 10.4 Å². The van der Waals surface area contributed by atoms with Crippen molar-refractivity contribution in [2.75, 3.05) is 11.9 Å². The number of carbonyl (C=O) groups excluding carboxylic acids is 1. The molecule has 3 N–H and O–H groups in total. The Morgan fingerprint density at radius 3 is 2.95 bits per heavy atom. The van der Waals surface area contributed by atoms with Crippen molar-refractivity contribution in [3.63, 3.8) is 0 Å². The number of hydrogen-bond donors (Lipinski definition) is 2. The molecule has 1 unspecified atom stereocenters. The number of amides is 1. The van der Waals surface area contributed by atoms with Crippen molar-refractivity contribution in [3.8, 4) is 5.69 Å². The minimum atomic E-state index is -0.149. The van der Waals surface area contributed by atoms with E-state index >= 15 is 0 Å². The summed E-state index contributed by atoms with van der Waals surface area (Å²) in [5.41, 5.74) is 6.77. The van der Waals surface area contributed by atoms with Crippen LogP contribution in [0.5, 0.6) is 0 Å². The molecule has 1 amide bonds. The Morgan fingerprint density at radius 2 is 2.30 bits per heavy atom. The Kier molecular flexibility index (Phi) is 4.76. The molecule has 0 aliphatic carbocycles. The maximum Gasteiger partial charge on any atom is 0.227 e. The van der Waals surface area contributed by atoms with Crippen LogP contribution in [0.25, 0.3) is 5.69 Å². The van der Waals surface area contributed by atoms with Gasteiger partial charge in [0.15, 0.2) is 0 Å². The molecular weight excluding hydrogens is 276 g/mol. The lowest BCUT2D eigenvalue weighted by Gasteiger charge is -2.15. The summed E-state index contributed by atoms with van der Waals surface area (Å²) < 4.78 is 1.63. The highest BCUT2D eigenvalue weighted by molar-refractivity contribution is 6.33. The van der Waals surface area contributed by atoms with E-state index in [9.17, 15) is 4.79 Å². The first kappa shape index (κ1) is 14.6. The number of nitrogens with zero attached hydrogens (tertiary/aromatic N) is 2. The largest absolute Gasteiger partial charge is 0.330 e. The van der Waals surface area contributed by atoms with Gasteiger partial charge in [0.2, 0.25) is 5.91 Å². The van der Waals surface area contributed by atoms with Gasteiger partial charge in [0, 0.05) is 18.3 Å². The molecule has 0 fully saturated rings. The van der Waals surface area contributed by atoms with E-state index in [0.29, 0.717) is 29.4 Å². The minimum Gasteiger partial charge on any atom is -0.330 e. The first-order chi connectivity index (χ1) is 9.63. The lowest BCUT2D eigenvalue weighted by molar-refractivity contribution is -0.119. The smallest absolute Gasteiger partial charge is 0.227 e. The molecule has 1 atom stereocenters. The molecule has 20 heavy (non-hydrogen) atoms. The van der Waals surface area contributed by atoms with Gasteiger partial charge in [0.05, 0.1) is 10.7 Å². The van der Waals surface area contributed by atoms with Gasteiger partial charge in [-0.1, -0.05) is 24.6 Å². The van der Waals surface area contributed by atoms with Crippen LogP contribution >= 0.6 is 11.6 Å². The van der Waals surface area contributed by atoms with Crippen molar-refractivity contribution in [3.05, 3.63) is 41.7 Å². The third-order valence-electron chi connectivity index (χ3n) is 3.03. The van der Waals surface area contributed by atoms with E-state index in [-0.39, 0.29) is 11.8 Å². The number of anilines is 1. The Balaban J connectivity index is 2.29. The predicted octanol–water partition coefficient (Wildman–Crippen LogP) is 2.45. The van der Waals surface area contributed by atoms with Gasteiger partial charge >= 0.3 is 0 Å². The van der Waals surface area contributed by atoms with Crippen molar-refractivity contribution in [1.29, 1.82) is 0 Å². The summed E-state index contributed by atoms with van der Waals surface area (Å²) in [5.74, 6) is -0.226. The van der Waals surface area contributed by atoms with Crippen LogP contribution in [0.15, 0.2) is 36.7 Å². The van der Waals surface area contributed by atoms with Crippen LogP contribution in [0.2, 0.25) is 5.02 Å². The van der Waals surface area contributed by atoms with Crippen LogP contribution < -0.4 is 11.1 Å². The Bertz CT molecular complexity index is 583. The Hall–Kier alpha value is -1.85. The Morgan fingerprint density at radius 1 is 1.50 bits per heavy atom. The molecule has 6 heteroatoms. The van der Waals surface area contributed by atoms with Gasteiger partial charge in [-0.05, 0) is 31.2 Å². The normalized spacial score (nSPS) is 12.2. The zero-order valence-electron chi connectivity index (χ0n) is 11.2. The first-order valence-electron chi connectivity index (χ1n) is 6.43. The van der Waals surface area contributed by atoms with E-state index in [4.69, 9.17) is 17.3 Å². The van der Waals surface area contributed by atoms with Gasteiger partial charge in [-0.15, -0.1) is 0 Å². The van der Waals surface area contributed by atoms with Gasteiger partial charge in [0.25, 0.3) is 0 Å². The first-order valence-corrected chi connectivity index (χ1v) is 6.80. The standard InChI is InChI=1S/C14H17ClN4O/c1-10(6-7-16)14(20)18-12-5-2-4-11(15)13(12)19-9-3-8-17-19/h2-5,8-10H,6-7,16H2,1H3,(H,18,20). The van der Waals surface area contributed by atoms with Gasteiger partial charge in [-0.25, -0.2) is 4.68 Å². The summed E-state index contributed by atoms with van der Waals surface area (Å²) in [7, 11) is 0. The molecule has 1 aromatic carbocycles. The van der Waals surface area contributed by atoms with Crippen molar-refractivity contribution in [2.24, 2.45) is 11.7 Å². The monoisotopic (exact) mass is 292 g/mol. The van der Waals surface area contributed by atoms with Crippen LogP contribution in [0.3, 0.4) is 0 Å². The van der Waals surface area contributed by atoms with Gasteiger partial charge in [-0.2, -0.15) is 5.10 Å². The van der Waals surface area contributed by atoms with Crippen LogP contribution in [-0.2, 0) is 4.79 Å². The van der Waals surface area contributed by atoms with E-state index in [0.717, 1.165) is 0 Å². The van der Waals surface area contributed by atoms with Crippen LogP contribution in [0.4, 0.5) is 5.69 Å². The number of rotatable bonds is 5. The van der Waals surface area contributed by atoms with Crippen LogP contribution in [0.1, 0.15) is 13.3 Å². The highest BCUT2D eigenvalue weighted by Gasteiger charge is 2.16. The Labute approximate surface area is 122 Å². The van der Waals surface area contributed by atoms with E-state index in [1.165, 1.54) is 0 Å². The van der Waals surface area contributed by atoms with Gasteiger partial charge in [0.1, 0.15) is 5.69 Å². The number of para-hydroxylation sites is 1. The zero-order valence-corrected chi connectivity index (χ0v) is 12.0. The maximum atomic E-state index is 12.1. The molecule has 1 heterocycles. The molecule has 0 radical (unpaired) electrons. The van der Waals surface area contributed by atoms with Crippen LogP contribution in [-0.4, -0.2) is 22.2 Å². The summed E-state index contributed by atoms with van der Waals surface area (Å²) in [5, 5.41) is 7.57. The third kappa shape index (κ3) is 3.18. The third-order valence-corrected chi connectivity index (χ3v) is 3.33. The fraction of sp³-hybridized carbons (Fsp3) is 0.286. The number of hydrogen-bond acceptors (Lipinski definition) is 3. The maximum absolute atomic E-state index is 12.1. The minimum absolute atomic E-state index is 0.0777. The highest BCUT2D eigenvalue weighted by Crippen LogP contribution is 2.28. The molecule has 5 nitrogen and oxygen atoms in total. The molecule has 0 saturated heterocycles. The molecule has 0 saturated carbocycles. The van der Waals surface area contributed by atoms with E-state index in [1.54, 1.807) is 41.3 Å². The average Bonchev–Trinajstić information content (AvgIpc) is 2.92. The molecule has 2 rings (SSSR count). The molecular formula is C14H17ClN4O. The molecule has 106 valence electrons. The van der Waals surface area contributed by atoms with Crippen molar-refractivity contribution in [1.82, 2.24) is 9.78 Å². The number of aromatic nitrogens is 2. The fourth-order valence-electron chi connectivity index (χ4n) is 1.89. The lowest BCUT2D eigenvalue weighted by Crippen LogP contribution is -2.23. The quantitative estimate of drug-likeness (QED) is 0.889. The molecule has 1 aromatic heterocycles. The second-order valence-corrected chi connectivity index (χ2v) is 4.96. The summed E-state index contributed by atoms with van der Waals surface area (Å²) in [4.78, 5) is 12.1. The number of benzene rings is 1. The number of nitrogens with two attached hydrogens (primary N) is 1. The topological polar surface area (TPSA) is 72.9 Å². The number of halogens is 1. The summed E-state index contributed by atoms with van der Waals surface area (Å²) in [6.07, 6.45) is 4.08. The second kappa shape index (κ2) is 6.54. The van der Waals surface area contributed by atoms with Gasteiger partial charge in [-0.3, -0.25) is 4.79 Å². The van der Waals surface area contributed by atoms with Crippen molar-refractivity contribution in [2.45, 2.75) is 13.3 Å². The number of carbonyl (C=O) groups is 1.